The number of aromatic nitrogens is 1. The van der Waals surface area contributed by atoms with Crippen molar-refractivity contribution in [3.8, 4) is 0 Å². The number of aryl methyl sites for hydroxylation is 1. The molecule has 2 heterocycles. The Kier molecular flexibility index (Phi) is 7.03. The molecule has 0 atom stereocenters. The first kappa shape index (κ1) is 23.2. The van der Waals surface area contributed by atoms with Crippen LogP contribution in [0.25, 0.3) is 0 Å². The Balaban J connectivity index is 0.00000272. The Labute approximate surface area is 188 Å². The van der Waals surface area contributed by atoms with Gasteiger partial charge in [-0.15, -0.1) is 23.7 Å². The summed E-state index contributed by atoms with van der Waals surface area (Å²) in [6.45, 7) is 3.55. The molecular weight excluding hydrogens is 447 g/mol. The number of benzene rings is 2. The minimum atomic E-state index is -4.38. The van der Waals surface area contributed by atoms with Crippen molar-refractivity contribution >= 4 is 34.8 Å². The summed E-state index contributed by atoms with van der Waals surface area (Å²) < 4.78 is 38.8. The number of alkyl halides is 3. The molecule has 1 amide bonds. The summed E-state index contributed by atoms with van der Waals surface area (Å²) >= 11 is 1.32. The minimum absolute atomic E-state index is 0. The lowest BCUT2D eigenvalue weighted by Gasteiger charge is -2.17. The van der Waals surface area contributed by atoms with Crippen LogP contribution in [0.1, 0.15) is 43.2 Å². The Morgan fingerprint density at radius 2 is 2.00 bits per heavy atom. The van der Waals surface area contributed by atoms with Gasteiger partial charge in [-0.2, -0.15) is 13.2 Å². The molecule has 2 N–H and O–H groups in total. The Morgan fingerprint density at radius 1 is 1.19 bits per heavy atom. The quantitative estimate of drug-likeness (QED) is 0.541. The third kappa shape index (κ3) is 5.44. The molecule has 0 spiro atoms. The van der Waals surface area contributed by atoms with Crippen LogP contribution in [0.4, 0.5) is 18.3 Å². The lowest BCUT2D eigenvalue weighted by Crippen LogP contribution is -2.24. The van der Waals surface area contributed by atoms with Gasteiger partial charge in [-0.3, -0.25) is 10.1 Å². The fourth-order valence-corrected chi connectivity index (χ4v) is 4.31. The highest BCUT2D eigenvalue weighted by molar-refractivity contribution is 7.15. The van der Waals surface area contributed by atoms with Crippen LogP contribution in [0.2, 0.25) is 0 Å². The molecule has 0 saturated carbocycles. The van der Waals surface area contributed by atoms with Gasteiger partial charge in [0.15, 0.2) is 5.13 Å². The smallest absolute Gasteiger partial charge is 0.312 e. The van der Waals surface area contributed by atoms with E-state index in [-0.39, 0.29) is 24.7 Å². The summed E-state index contributed by atoms with van der Waals surface area (Å²) in [5.41, 5.74) is 3.45. The largest absolute Gasteiger partial charge is 0.416 e. The first-order valence-corrected chi connectivity index (χ1v) is 10.4. The number of nitrogens with zero attached hydrogens (tertiary/aromatic N) is 1. The first-order chi connectivity index (χ1) is 14.3. The first-order valence-electron chi connectivity index (χ1n) is 9.56. The van der Waals surface area contributed by atoms with Crippen molar-refractivity contribution in [1.29, 1.82) is 0 Å². The molecule has 1 aliphatic rings. The molecule has 1 aromatic heterocycles. The summed E-state index contributed by atoms with van der Waals surface area (Å²) in [4.78, 5) is 18.0. The second-order valence-corrected chi connectivity index (χ2v) is 8.46. The Morgan fingerprint density at radius 3 is 2.77 bits per heavy atom. The summed E-state index contributed by atoms with van der Waals surface area (Å²) in [6.07, 6.45) is -3.22. The van der Waals surface area contributed by atoms with Gasteiger partial charge in [-0.05, 0) is 54.8 Å². The average Bonchev–Trinajstić information content (AvgIpc) is 3.05. The van der Waals surface area contributed by atoms with E-state index in [0.717, 1.165) is 36.5 Å². The SMILES string of the molecule is Cc1sc(NC(=O)c2ccc3c(c2)CCNC3)nc1Cc1cccc(C(F)(F)F)c1.Cl. The monoisotopic (exact) mass is 467 g/mol. The number of hydrogen-bond acceptors (Lipinski definition) is 4. The Hall–Kier alpha value is -2.42. The maximum Gasteiger partial charge on any atom is 0.416 e. The highest BCUT2D eigenvalue weighted by atomic mass is 35.5. The summed E-state index contributed by atoms with van der Waals surface area (Å²) in [5.74, 6) is -0.240. The van der Waals surface area contributed by atoms with Gasteiger partial charge in [0.1, 0.15) is 0 Å². The zero-order valence-corrected chi connectivity index (χ0v) is 18.3. The van der Waals surface area contributed by atoms with Crippen molar-refractivity contribution in [2.75, 3.05) is 11.9 Å². The van der Waals surface area contributed by atoms with Crippen molar-refractivity contribution in [2.24, 2.45) is 0 Å². The zero-order chi connectivity index (χ0) is 21.3. The standard InChI is InChI=1S/C22H20F3N3OS.ClH/c1-13-19(10-14-3-2-4-18(9-14)22(23,24)25)27-21(30-13)28-20(29)16-5-6-17-12-26-8-7-15(17)11-16;/h2-6,9,11,26H,7-8,10,12H2,1H3,(H,27,28,29);1H. The molecule has 0 fully saturated rings. The molecule has 4 rings (SSSR count). The van der Waals surface area contributed by atoms with E-state index in [4.69, 9.17) is 0 Å². The van der Waals surface area contributed by atoms with E-state index in [1.165, 1.54) is 28.5 Å². The normalized spacial score (nSPS) is 13.3. The van der Waals surface area contributed by atoms with E-state index in [0.29, 0.717) is 22.0 Å². The molecule has 4 nitrogen and oxygen atoms in total. The van der Waals surface area contributed by atoms with Crippen molar-refractivity contribution in [3.05, 3.63) is 80.9 Å². The summed E-state index contributed by atoms with van der Waals surface area (Å²) in [6, 6.07) is 10.9. The van der Waals surface area contributed by atoms with Crippen LogP contribution < -0.4 is 10.6 Å². The number of halogens is 4. The molecule has 0 unspecified atom stereocenters. The third-order valence-corrected chi connectivity index (χ3v) is 6.02. The van der Waals surface area contributed by atoms with Gasteiger partial charge >= 0.3 is 6.18 Å². The number of nitrogens with one attached hydrogen (secondary N) is 2. The van der Waals surface area contributed by atoms with Crippen LogP contribution in [0.3, 0.4) is 0 Å². The van der Waals surface area contributed by atoms with Crippen molar-refractivity contribution < 1.29 is 18.0 Å². The highest BCUT2D eigenvalue weighted by Crippen LogP contribution is 2.31. The van der Waals surface area contributed by atoms with Crippen LogP contribution in [0, 0.1) is 6.92 Å². The lowest BCUT2D eigenvalue weighted by atomic mass is 9.98. The predicted molar refractivity (Wildman–Crippen MR) is 118 cm³/mol. The van der Waals surface area contributed by atoms with E-state index in [1.807, 2.05) is 19.1 Å². The maximum absolute atomic E-state index is 12.9. The van der Waals surface area contributed by atoms with Crippen LogP contribution in [0.15, 0.2) is 42.5 Å². The number of fused-ring (bicyclic) bond motifs is 1. The molecule has 0 aliphatic carbocycles. The van der Waals surface area contributed by atoms with E-state index in [1.54, 1.807) is 12.1 Å². The van der Waals surface area contributed by atoms with Crippen molar-refractivity contribution in [3.63, 3.8) is 0 Å². The van der Waals surface area contributed by atoms with Gasteiger partial charge in [0, 0.05) is 23.4 Å². The second-order valence-electron chi connectivity index (χ2n) is 7.26. The van der Waals surface area contributed by atoms with Crippen LogP contribution in [-0.2, 0) is 25.6 Å². The number of thiazole rings is 1. The van der Waals surface area contributed by atoms with E-state index in [9.17, 15) is 18.0 Å². The van der Waals surface area contributed by atoms with Gasteiger partial charge in [-0.25, -0.2) is 4.98 Å². The van der Waals surface area contributed by atoms with Gasteiger partial charge in [0.2, 0.25) is 0 Å². The molecule has 0 bridgehead atoms. The Bertz CT molecular complexity index is 1100. The fraction of sp³-hybridized carbons (Fsp3) is 0.273. The molecule has 2 aromatic carbocycles. The molecule has 0 saturated heterocycles. The third-order valence-electron chi connectivity index (χ3n) is 5.09. The van der Waals surface area contributed by atoms with E-state index >= 15 is 0 Å². The topological polar surface area (TPSA) is 54.0 Å². The van der Waals surface area contributed by atoms with Crippen molar-refractivity contribution in [1.82, 2.24) is 10.3 Å². The van der Waals surface area contributed by atoms with Gasteiger partial charge in [0.05, 0.1) is 11.3 Å². The van der Waals surface area contributed by atoms with Gasteiger partial charge < -0.3 is 5.32 Å². The highest BCUT2D eigenvalue weighted by Gasteiger charge is 2.30. The number of hydrogen-bond donors (Lipinski definition) is 2. The molecule has 0 radical (unpaired) electrons. The van der Waals surface area contributed by atoms with Gasteiger partial charge in [-0.1, -0.05) is 24.3 Å². The van der Waals surface area contributed by atoms with E-state index < -0.39 is 11.7 Å². The summed E-state index contributed by atoms with van der Waals surface area (Å²) in [7, 11) is 0. The molecule has 1 aliphatic heterocycles. The molecule has 3 aromatic rings. The predicted octanol–water partition coefficient (Wildman–Crippen LogP) is 5.38. The van der Waals surface area contributed by atoms with Crippen molar-refractivity contribution in [2.45, 2.75) is 32.5 Å². The zero-order valence-electron chi connectivity index (χ0n) is 16.7. The number of carbonyl (C=O) groups is 1. The van der Waals surface area contributed by atoms with E-state index in [2.05, 4.69) is 15.6 Å². The fourth-order valence-electron chi connectivity index (χ4n) is 3.48. The number of amides is 1. The lowest BCUT2D eigenvalue weighted by molar-refractivity contribution is -0.137. The molecule has 9 heteroatoms. The average molecular weight is 468 g/mol. The molecule has 164 valence electrons. The van der Waals surface area contributed by atoms with Gasteiger partial charge in [0.25, 0.3) is 5.91 Å². The molecule has 31 heavy (non-hydrogen) atoms. The second kappa shape index (κ2) is 9.38. The number of anilines is 1. The molecular formula is C22H21ClF3N3OS. The minimum Gasteiger partial charge on any atom is -0.312 e. The van der Waals surface area contributed by atoms with Crippen LogP contribution in [0.5, 0.6) is 0 Å². The number of carbonyl (C=O) groups excluding carboxylic acids is 1. The summed E-state index contributed by atoms with van der Waals surface area (Å²) in [5, 5.41) is 6.56. The van der Waals surface area contributed by atoms with Crippen LogP contribution in [-0.4, -0.2) is 17.4 Å². The number of rotatable bonds is 4. The van der Waals surface area contributed by atoms with Crippen LogP contribution >= 0.6 is 23.7 Å². The maximum atomic E-state index is 12.9.